The summed E-state index contributed by atoms with van der Waals surface area (Å²) in [6.07, 6.45) is 5.41. The molecule has 2 heterocycles. The molecule has 2 aromatic rings. The first-order chi connectivity index (χ1) is 9.69. The van der Waals surface area contributed by atoms with Crippen LogP contribution in [0.25, 0.3) is 11.4 Å². The average Bonchev–Trinajstić information content (AvgIpc) is 2.75. The minimum Gasteiger partial charge on any atom is -0.396 e. The van der Waals surface area contributed by atoms with Gasteiger partial charge in [0.15, 0.2) is 5.82 Å². The molecule has 5 nitrogen and oxygen atoms in total. The van der Waals surface area contributed by atoms with Gasteiger partial charge in [-0.2, -0.15) is 5.10 Å². The van der Waals surface area contributed by atoms with Crippen LogP contribution in [0, 0.1) is 5.82 Å². The summed E-state index contributed by atoms with van der Waals surface area (Å²) in [6.45, 7) is 2.71. The molecular formula is C14H17FN4O. The summed E-state index contributed by atoms with van der Waals surface area (Å²) < 4.78 is 21.1. The standard InChI is InChI=1S/C14H17FN4O/c1-2-20-10-6-9(7-10)19-8-12(16)14(18-19)13-11(15)4-3-5-17-13/h3-5,8-10H,2,6-7,16H2,1H3. The van der Waals surface area contributed by atoms with Gasteiger partial charge in [-0.05, 0) is 31.9 Å². The number of ether oxygens (including phenoxy) is 1. The third-order valence-electron chi connectivity index (χ3n) is 3.59. The van der Waals surface area contributed by atoms with Crippen molar-refractivity contribution in [2.24, 2.45) is 0 Å². The second-order valence-corrected chi connectivity index (χ2v) is 4.95. The van der Waals surface area contributed by atoms with E-state index in [4.69, 9.17) is 10.5 Å². The molecule has 106 valence electrons. The van der Waals surface area contributed by atoms with Crippen LogP contribution in [0.3, 0.4) is 0 Å². The van der Waals surface area contributed by atoms with E-state index in [-0.39, 0.29) is 11.7 Å². The van der Waals surface area contributed by atoms with Crippen LogP contribution < -0.4 is 5.73 Å². The second kappa shape index (κ2) is 5.20. The lowest BCUT2D eigenvalue weighted by molar-refractivity contribution is -0.0226. The van der Waals surface area contributed by atoms with Crippen molar-refractivity contribution in [3.05, 3.63) is 30.3 Å². The van der Waals surface area contributed by atoms with Gasteiger partial charge in [-0.1, -0.05) is 0 Å². The van der Waals surface area contributed by atoms with Crippen LogP contribution >= 0.6 is 0 Å². The zero-order chi connectivity index (χ0) is 14.1. The van der Waals surface area contributed by atoms with Crippen LogP contribution in [0.2, 0.25) is 0 Å². The molecule has 0 aliphatic heterocycles. The van der Waals surface area contributed by atoms with Crippen LogP contribution in [0.1, 0.15) is 25.8 Å². The van der Waals surface area contributed by atoms with Crippen LogP contribution in [-0.2, 0) is 4.74 Å². The first kappa shape index (κ1) is 13.1. The van der Waals surface area contributed by atoms with Crippen molar-refractivity contribution in [2.45, 2.75) is 31.9 Å². The highest BCUT2D eigenvalue weighted by Gasteiger charge is 2.32. The summed E-state index contributed by atoms with van der Waals surface area (Å²) in [4.78, 5) is 4.01. The molecular weight excluding hydrogens is 259 g/mol. The molecule has 3 rings (SSSR count). The van der Waals surface area contributed by atoms with Gasteiger partial charge in [-0.25, -0.2) is 4.39 Å². The molecule has 6 heteroatoms. The average molecular weight is 276 g/mol. The lowest BCUT2D eigenvalue weighted by Crippen LogP contribution is -2.33. The van der Waals surface area contributed by atoms with Gasteiger partial charge in [0.1, 0.15) is 11.4 Å². The molecule has 1 aliphatic rings. The maximum absolute atomic E-state index is 13.7. The Kier molecular flexibility index (Phi) is 3.40. The predicted molar refractivity (Wildman–Crippen MR) is 73.5 cm³/mol. The van der Waals surface area contributed by atoms with Crippen molar-refractivity contribution in [1.29, 1.82) is 0 Å². The fourth-order valence-corrected chi connectivity index (χ4v) is 2.46. The molecule has 1 saturated carbocycles. The molecule has 2 N–H and O–H groups in total. The molecule has 0 amide bonds. The van der Waals surface area contributed by atoms with Gasteiger partial charge in [0.25, 0.3) is 0 Å². The smallest absolute Gasteiger partial charge is 0.151 e. The van der Waals surface area contributed by atoms with Gasteiger partial charge in [0.05, 0.1) is 17.8 Å². The SMILES string of the molecule is CCOC1CC(n2cc(N)c(-c3ncccc3F)n2)C1. The van der Waals surface area contributed by atoms with Gasteiger partial charge < -0.3 is 10.5 Å². The van der Waals surface area contributed by atoms with E-state index in [1.807, 2.05) is 6.92 Å². The topological polar surface area (TPSA) is 66.0 Å². The summed E-state index contributed by atoms with van der Waals surface area (Å²) in [5.74, 6) is -0.412. The Balaban J connectivity index is 1.81. The van der Waals surface area contributed by atoms with Gasteiger partial charge >= 0.3 is 0 Å². The Hall–Kier alpha value is -1.95. The fourth-order valence-electron chi connectivity index (χ4n) is 2.46. The van der Waals surface area contributed by atoms with E-state index in [0.717, 1.165) is 19.4 Å². The minimum absolute atomic E-state index is 0.199. The van der Waals surface area contributed by atoms with Crippen molar-refractivity contribution >= 4 is 5.69 Å². The molecule has 1 aliphatic carbocycles. The first-order valence-corrected chi connectivity index (χ1v) is 6.76. The molecule has 0 radical (unpaired) electrons. The van der Waals surface area contributed by atoms with Crippen molar-refractivity contribution in [2.75, 3.05) is 12.3 Å². The molecule has 0 spiro atoms. The second-order valence-electron chi connectivity index (χ2n) is 4.95. The normalized spacial score (nSPS) is 21.7. The molecule has 2 aromatic heterocycles. The van der Waals surface area contributed by atoms with E-state index < -0.39 is 5.82 Å². The van der Waals surface area contributed by atoms with Crippen LogP contribution in [-0.4, -0.2) is 27.5 Å². The number of hydrogen-bond donors (Lipinski definition) is 1. The monoisotopic (exact) mass is 276 g/mol. The minimum atomic E-state index is -0.412. The highest BCUT2D eigenvalue weighted by Crippen LogP contribution is 2.36. The zero-order valence-electron chi connectivity index (χ0n) is 11.3. The summed E-state index contributed by atoms with van der Waals surface area (Å²) in [6, 6.07) is 3.18. The summed E-state index contributed by atoms with van der Waals surface area (Å²) in [5.41, 5.74) is 6.98. The third kappa shape index (κ3) is 2.27. The Morgan fingerprint density at radius 2 is 2.25 bits per heavy atom. The van der Waals surface area contributed by atoms with E-state index in [9.17, 15) is 4.39 Å². The summed E-state index contributed by atoms with van der Waals surface area (Å²) >= 11 is 0. The maximum Gasteiger partial charge on any atom is 0.151 e. The molecule has 0 unspecified atom stereocenters. The highest BCUT2D eigenvalue weighted by molar-refractivity contribution is 5.69. The first-order valence-electron chi connectivity index (χ1n) is 6.76. The Morgan fingerprint density at radius 1 is 1.45 bits per heavy atom. The molecule has 1 fully saturated rings. The molecule has 0 aromatic carbocycles. The van der Waals surface area contributed by atoms with Gasteiger partial charge in [-0.15, -0.1) is 0 Å². The molecule has 0 atom stereocenters. The quantitative estimate of drug-likeness (QED) is 0.931. The number of halogens is 1. The largest absolute Gasteiger partial charge is 0.396 e. The number of rotatable bonds is 4. The Labute approximate surface area is 116 Å². The molecule has 0 saturated heterocycles. The van der Waals surface area contributed by atoms with Crippen molar-refractivity contribution < 1.29 is 9.13 Å². The fraction of sp³-hybridized carbons (Fsp3) is 0.429. The number of nitrogens with two attached hydrogens (primary N) is 1. The summed E-state index contributed by atoms with van der Waals surface area (Å²) in [7, 11) is 0. The highest BCUT2D eigenvalue weighted by atomic mass is 19.1. The van der Waals surface area contributed by atoms with Crippen LogP contribution in [0.5, 0.6) is 0 Å². The third-order valence-corrected chi connectivity index (χ3v) is 3.59. The van der Waals surface area contributed by atoms with E-state index in [0.29, 0.717) is 17.5 Å². The van der Waals surface area contributed by atoms with Gasteiger partial charge in [0, 0.05) is 19.0 Å². The number of aromatic nitrogens is 3. The number of pyridine rings is 1. The Bertz CT molecular complexity index is 607. The van der Waals surface area contributed by atoms with Crippen LogP contribution in [0.4, 0.5) is 10.1 Å². The van der Waals surface area contributed by atoms with E-state index in [1.54, 1.807) is 16.9 Å². The number of nitrogen functional groups attached to an aromatic ring is 1. The van der Waals surface area contributed by atoms with E-state index in [1.165, 1.54) is 12.3 Å². The maximum atomic E-state index is 13.7. The number of nitrogens with zero attached hydrogens (tertiary/aromatic N) is 3. The van der Waals surface area contributed by atoms with Crippen molar-refractivity contribution in [3.8, 4) is 11.4 Å². The Morgan fingerprint density at radius 3 is 2.95 bits per heavy atom. The predicted octanol–water partition coefficient (Wildman–Crippen LogP) is 2.41. The molecule has 20 heavy (non-hydrogen) atoms. The number of anilines is 1. The van der Waals surface area contributed by atoms with Gasteiger partial charge in [0.2, 0.25) is 0 Å². The number of hydrogen-bond acceptors (Lipinski definition) is 4. The van der Waals surface area contributed by atoms with Crippen molar-refractivity contribution in [1.82, 2.24) is 14.8 Å². The van der Waals surface area contributed by atoms with Gasteiger partial charge in [-0.3, -0.25) is 9.67 Å². The van der Waals surface area contributed by atoms with Crippen LogP contribution in [0.15, 0.2) is 24.5 Å². The van der Waals surface area contributed by atoms with E-state index >= 15 is 0 Å². The molecule has 0 bridgehead atoms. The van der Waals surface area contributed by atoms with E-state index in [2.05, 4.69) is 10.1 Å². The lowest BCUT2D eigenvalue weighted by Gasteiger charge is -2.34. The summed E-state index contributed by atoms with van der Waals surface area (Å²) in [5, 5.41) is 4.39. The van der Waals surface area contributed by atoms with Crippen molar-refractivity contribution in [3.63, 3.8) is 0 Å². The lowest BCUT2D eigenvalue weighted by atomic mass is 9.89. The zero-order valence-corrected chi connectivity index (χ0v) is 11.3.